The summed E-state index contributed by atoms with van der Waals surface area (Å²) < 4.78 is 37.4. The topological polar surface area (TPSA) is 114 Å². The summed E-state index contributed by atoms with van der Waals surface area (Å²) in [6.45, 7) is 1.18. The van der Waals surface area contributed by atoms with Gasteiger partial charge in [0.2, 0.25) is 0 Å². The Morgan fingerprint density at radius 1 is 1.00 bits per heavy atom. The van der Waals surface area contributed by atoms with Crippen LogP contribution in [0.25, 0.3) is 0 Å². The average Bonchev–Trinajstić information content (AvgIpc) is 2.87. The van der Waals surface area contributed by atoms with Crippen LogP contribution < -0.4 is 14.5 Å². The number of hydrogen-bond donors (Lipinski definition) is 1. The van der Waals surface area contributed by atoms with Crippen LogP contribution in [0.2, 0.25) is 0 Å². The third kappa shape index (κ3) is 7.15. The van der Waals surface area contributed by atoms with Crippen molar-refractivity contribution in [3.8, 4) is 5.75 Å². The number of amides is 1. The van der Waals surface area contributed by atoms with Crippen LogP contribution in [0.15, 0.2) is 88.9 Å². The molecule has 0 fully saturated rings. The van der Waals surface area contributed by atoms with Gasteiger partial charge in [0.25, 0.3) is 15.9 Å². The number of hydrazone groups is 1. The van der Waals surface area contributed by atoms with E-state index in [4.69, 9.17) is 4.74 Å². The number of nitrogens with one attached hydrogen (secondary N) is 1. The number of carbonyl (C=O) groups excluding carboxylic acids is 2. The summed E-state index contributed by atoms with van der Waals surface area (Å²) in [6, 6.07) is 21.4. The van der Waals surface area contributed by atoms with Gasteiger partial charge in [0.15, 0.2) is 6.61 Å². The Kier molecular flexibility index (Phi) is 8.58. The first-order valence-electron chi connectivity index (χ1n) is 10.6. The van der Waals surface area contributed by atoms with Gasteiger partial charge in [0.1, 0.15) is 12.3 Å². The van der Waals surface area contributed by atoms with E-state index < -0.39 is 28.4 Å². The zero-order valence-electron chi connectivity index (χ0n) is 19.2. The molecule has 0 aliphatic heterocycles. The molecule has 0 aliphatic carbocycles. The van der Waals surface area contributed by atoms with E-state index in [2.05, 4.69) is 15.3 Å². The molecule has 35 heavy (non-hydrogen) atoms. The molecule has 3 aromatic carbocycles. The van der Waals surface area contributed by atoms with E-state index >= 15 is 0 Å². The molecule has 0 radical (unpaired) electrons. The van der Waals surface area contributed by atoms with Crippen molar-refractivity contribution in [3.05, 3.63) is 90.0 Å². The van der Waals surface area contributed by atoms with E-state index in [1.807, 2.05) is 6.92 Å². The minimum Gasteiger partial charge on any atom is -0.482 e. The summed E-state index contributed by atoms with van der Waals surface area (Å²) in [4.78, 5) is 23.9. The summed E-state index contributed by atoms with van der Waals surface area (Å²) in [6.07, 6.45) is 1.38. The van der Waals surface area contributed by atoms with Crippen molar-refractivity contribution < 1.29 is 27.5 Å². The number of anilines is 1. The van der Waals surface area contributed by atoms with Gasteiger partial charge in [-0.2, -0.15) is 5.10 Å². The first kappa shape index (κ1) is 25.4. The second kappa shape index (κ2) is 11.8. The van der Waals surface area contributed by atoms with Gasteiger partial charge in [-0.3, -0.25) is 9.10 Å². The largest absolute Gasteiger partial charge is 0.482 e. The molecule has 0 saturated heterocycles. The Morgan fingerprint density at radius 3 is 2.40 bits per heavy atom. The fourth-order valence-corrected chi connectivity index (χ4v) is 4.42. The highest BCUT2D eigenvalue weighted by molar-refractivity contribution is 7.92. The fourth-order valence-electron chi connectivity index (χ4n) is 2.98. The SMILES string of the molecule is COC(=O)COc1cccc(/C=N/NC(=O)CN(c2ccc(C)cc2)S(=O)(=O)c2ccccc2)c1. The molecule has 1 amide bonds. The molecule has 0 aliphatic rings. The first-order chi connectivity index (χ1) is 16.8. The fraction of sp³-hybridized carbons (Fsp3) is 0.160. The number of ether oxygens (including phenoxy) is 2. The summed E-state index contributed by atoms with van der Waals surface area (Å²) >= 11 is 0. The molecule has 0 spiro atoms. The van der Waals surface area contributed by atoms with E-state index in [9.17, 15) is 18.0 Å². The van der Waals surface area contributed by atoms with Crippen LogP contribution in [0.3, 0.4) is 0 Å². The van der Waals surface area contributed by atoms with Gasteiger partial charge in [0.05, 0.1) is 23.9 Å². The maximum Gasteiger partial charge on any atom is 0.343 e. The van der Waals surface area contributed by atoms with Crippen LogP contribution in [0.4, 0.5) is 5.69 Å². The number of esters is 1. The van der Waals surface area contributed by atoms with Crippen molar-refractivity contribution in [1.82, 2.24) is 5.43 Å². The molecule has 0 heterocycles. The van der Waals surface area contributed by atoms with E-state index in [-0.39, 0.29) is 11.5 Å². The average molecular weight is 496 g/mol. The standard InChI is InChI=1S/C25H25N3O6S/c1-19-11-13-21(14-12-19)28(35(31,32)23-9-4-3-5-10-23)17-24(29)27-26-16-20-7-6-8-22(15-20)34-18-25(30)33-2/h3-16H,17-18H2,1-2H3,(H,27,29)/b26-16+. The van der Waals surface area contributed by atoms with E-state index in [0.29, 0.717) is 17.0 Å². The quantitative estimate of drug-likeness (QED) is 0.263. The summed E-state index contributed by atoms with van der Waals surface area (Å²) in [7, 11) is -2.73. The van der Waals surface area contributed by atoms with Crippen molar-refractivity contribution >= 4 is 33.8 Å². The Hall–Kier alpha value is -4.18. The van der Waals surface area contributed by atoms with Gasteiger partial charge in [-0.05, 0) is 48.9 Å². The van der Waals surface area contributed by atoms with Crippen molar-refractivity contribution in [1.29, 1.82) is 0 Å². The number of aryl methyl sites for hydroxylation is 1. The Morgan fingerprint density at radius 2 is 1.71 bits per heavy atom. The van der Waals surface area contributed by atoms with E-state index in [0.717, 1.165) is 9.87 Å². The Bertz CT molecular complexity index is 1290. The molecule has 3 aromatic rings. The van der Waals surface area contributed by atoms with E-state index in [1.54, 1.807) is 66.7 Å². The van der Waals surface area contributed by atoms with Crippen LogP contribution >= 0.6 is 0 Å². The number of nitrogens with zero attached hydrogens (tertiary/aromatic N) is 2. The number of methoxy groups -OCH3 is 1. The maximum absolute atomic E-state index is 13.3. The van der Waals surface area contributed by atoms with Crippen molar-refractivity contribution in [2.24, 2.45) is 5.10 Å². The molecule has 0 unspecified atom stereocenters. The zero-order valence-corrected chi connectivity index (χ0v) is 20.1. The molecule has 3 rings (SSSR count). The summed E-state index contributed by atoms with van der Waals surface area (Å²) in [5.41, 5.74) is 4.26. The number of carbonyl (C=O) groups is 2. The minimum absolute atomic E-state index is 0.0700. The second-order valence-electron chi connectivity index (χ2n) is 7.39. The molecule has 9 nitrogen and oxygen atoms in total. The lowest BCUT2D eigenvalue weighted by Gasteiger charge is -2.23. The Balaban J connectivity index is 1.72. The molecule has 182 valence electrons. The van der Waals surface area contributed by atoms with Crippen LogP contribution in [0.5, 0.6) is 5.75 Å². The maximum atomic E-state index is 13.3. The molecule has 0 aromatic heterocycles. The van der Waals surface area contributed by atoms with Gasteiger partial charge >= 0.3 is 5.97 Å². The molecule has 1 N–H and O–H groups in total. The number of benzene rings is 3. The normalized spacial score (nSPS) is 11.1. The number of sulfonamides is 1. The lowest BCUT2D eigenvalue weighted by molar-refractivity contribution is -0.142. The van der Waals surface area contributed by atoms with Crippen LogP contribution in [0, 0.1) is 6.92 Å². The van der Waals surface area contributed by atoms with Crippen molar-refractivity contribution in [2.45, 2.75) is 11.8 Å². The molecule has 10 heteroatoms. The van der Waals surface area contributed by atoms with Gasteiger partial charge < -0.3 is 9.47 Å². The lowest BCUT2D eigenvalue weighted by Crippen LogP contribution is -2.39. The van der Waals surface area contributed by atoms with Crippen molar-refractivity contribution in [2.75, 3.05) is 24.6 Å². The predicted molar refractivity (Wildman–Crippen MR) is 132 cm³/mol. The highest BCUT2D eigenvalue weighted by atomic mass is 32.2. The third-order valence-electron chi connectivity index (χ3n) is 4.79. The molecular weight excluding hydrogens is 470 g/mol. The number of hydrogen-bond acceptors (Lipinski definition) is 7. The van der Waals surface area contributed by atoms with Crippen LogP contribution in [0.1, 0.15) is 11.1 Å². The molecule has 0 bridgehead atoms. The summed E-state index contributed by atoms with van der Waals surface area (Å²) in [5.74, 6) is -0.718. The summed E-state index contributed by atoms with van der Waals surface area (Å²) in [5, 5.41) is 3.92. The Labute approximate surface area is 204 Å². The molecule has 0 atom stereocenters. The monoisotopic (exact) mass is 495 g/mol. The second-order valence-corrected chi connectivity index (χ2v) is 9.25. The molecular formula is C25H25N3O6S. The third-order valence-corrected chi connectivity index (χ3v) is 6.57. The van der Waals surface area contributed by atoms with Gasteiger partial charge in [-0.15, -0.1) is 0 Å². The van der Waals surface area contributed by atoms with Crippen LogP contribution in [-0.2, 0) is 24.3 Å². The highest BCUT2D eigenvalue weighted by Gasteiger charge is 2.27. The van der Waals surface area contributed by atoms with E-state index in [1.165, 1.54) is 25.5 Å². The lowest BCUT2D eigenvalue weighted by atomic mass is 10.2. The molecule has 0 saturated carbocycles. The predicted octanol–water partition coefficient (Wildman–Crippen LogP) is 2.89. The smallest absolute Gasteiger partial charge is 0.343 e. The van der Waals surface area contributed by atoms with Gasteiger partial charge in [-0.25, -0.2) is 18.6 Å². The number of rotatable bonds is 10. The highest BCUT2D eigenvalue weighted by Crippen LogP contribution is 2.23. The zero-order chi connectivity index (χ0) is 25.3. The van der Waals surface area contributed by atoms with Crippen LogP contribution in [-0.4, -0.2) is 46.8 Å². The van der Waals surface area contributed by atoms with Crippen molar-refractivity contribution in [3.63, 3.8) is 0 Å². The first-order valence-corrected chi connectivity index (χ1v) is 12.0. The van der Waals surface area contributed by atoms with Gasteiger partial charge in [0, 0.05) is 0 Å². The minimum atomic E-state index is -3.99. The van der Waals surface area contributed by atoms with Gasteiger partial charge in [-0.1, -0.05) is 48.0 Å².